The van der Waals surface area contributed by atoms with Crippen LogP contribution < -0.4 is 4.90 Å². The molecule has 0 aliphatic rings. The molecule has 5 nitrogen and oxygen atoms in total. The Bertz CT molecular complexity index is 2430. The summed E-state index contributed by atoms with van der Waals surface area (Å²) in [5, 5.41) is 0. The lowest BCUT2D eigenvalue weighted by molar-refractivity contribution is 0.452. The number of hydrogen-bond donors (Lipinski definition) is 0. The summed E-state index contributed by atoms with van der Waals surface area (Å²) >= 11 is 10.3. The normalized spacial score (nSPS) is 12.9. The number of fused-ring (bicyclic) bond motifs is 2. The molecule has 0 aliphatic heterocycles. The topological polar surface area (TPSA) is 54.8 Å². The Balaban J connectivity index is 1.07. The van der Waals surface area contributed by atoms with Crippen LogP contribution in [0.4, 0.5) is 11.4 Å². The van der Waals surface area contributed by atoms with E-state index in [1.165, 1.54) is 146 Å². The monoisotopic (exact) mass is 921 g/mol. The Morgan fingerprint density at radius 1 is 0.426 bits per heavy atom. The predicted octanol–water partition coefficient (Wildman–Crippen LogP) is 17.8. The Labute approximate surface area is 387 Å². The standard InChI is InChI=1S/C50H59N5S6/c1-6-11-14-15-30-55(39-22-20-37(47-49(39)53-60-51-47)41-26-28-45(58-41)43-24-18-35(56-43)31-33(9-4)16-12-7-2)40-23-21-38(48-50(40)54-61-52-48)42-27-29-46(59-42)44-25-19-36(57-44)32-34(10-5)17-13-8-3/h18-29,33-34H,6-17,30-32H2,1-5H3. The summed E-state index contributed by atoms with van der Waals surface area (Å²) in [5.41, 5.74) is 8.35. The molecule has 0 N–H and O–H groups in total. The molecule has 0 amide bonds. The molecule has 2 aromatic carbocycles. The molecule has 0 fully saturated rings. The van der Waals surface area contributed by atoms with Gasteiger partial charge in [-0.15, -0.1) is 45.3 Å². The zero-order valence-corrected chi connectivity index (χ0v) is 41.3. The fraction of sp³-hybridized carbons (Fsp3) is 0.440. The molecule has 0 bridgehead atoms. The van der Waals surface area contributed by atoms with E-state index in [0.717, 1.165) is 69.4 Å². The first kappa shape index (κ1) is 44.3. The van der Waals surface area contributed by atoms with Gasteiger partial charge in [-0.1, -0.05) is 105 Å². The van der Waals surface area contributed by atoms with Crippen molar-refractivity contribution in [3.8, 4) is 40.4 Å². The first-order chi connectivity index (χ1) is 30.0. The zero-order chi connectivity index (χ0) is 42.1. The first-order valence-corrected chi connectivity index (χ1v) is 27.4. The van der Waals surface area contributed by atoms with Crippen LogP contribution in [0.1, 0.15) is 121 Å². The molecule has 0 aliphatic carbocycles. The molecule has 0 radical (unpaired) electrons. The second kappa shape index (κ2) is 21.4. The van der Waals surface area contributed by atoms with Crippen LogP contribution >= 0.6 is 68.8 Å². The average molecular weight is 922 g/mol. The van der Waals surface area contributed by atoms with Crippen LogP contribution in [0.25, 0.3) is 62.5 Å². The Kier molecular flexibility index (Phi) is 15.5. The van der Waals surface area contributed by atoms with Crippen LogP contribution in [0.15, 0.2) is 72.8 Å². The predicted molar refractivity (Wildman–Crippen MR) is 273 cm³/mol. The van der Waals surface area contributed by atoms with Crippen LogP contribution in [0, 0.1) is 11.8 Å². The van der Waals surface area contributed by atoms with Crippen LogP contribution in [0.3, 0.4) is 0 Å². The highest BCUT2D eigenvalue weighted by Gasteiger charge is 2.24. The quantitative estimate of drug-likeness (QED) is 0.0598. The smallest absolute Gasteiger partial charge is 0.129 e. The van der Waals surface area contributed by atoms with E-state index in [4.69, 9.17) is 17.5 Å². The van der Waals surface area contributed by atoms with Gasteiger partial charge in [0.05, 0.1) is 34.8 Å². The summed E-state index contributed by atoms with van der Waals surface area (Å²) in [5.74, 6) is 1.55. The molecule has 2 unspecified atom stereocenters. The lowest BCUT2D eigenvalue weighted by Crippen LogP contribution is -2.19. The molecular formula is C50H59N5S6. The molecule has 0 saturated heterocycles. The highest BCUT2D eigenvalue weighted by molar-refractivity contribution is 7.24. The van der Waals surface area contributed by atoms with Crippen LogP contribution in [0.2, 0.25) is 0 Å². The molecule has 6 heterocycles. The second-order valence-corrected chi connectivity index (χ2v) is 22.1. The molecule has 11 heteroatoms. The fourth-order valence-electron chi connectivity index (χ4n) is 8.53. The van der Waals surface area contributed by atoms with Crippen molar-refractivity contribution in [2.45, 2.75) is 125 Å². The summed E-state index contributed by atoms with van der Waals surface area (Å²) in [6, 6.07) is 27.6. The summed E-state index contributed by atoms with van der Waals surface area (Å²) in [4.78, 5) is 13.3. The van der Waals surface area contributed by atoms with E-state index in [9.17, 15) is 0 Å². The van der Waals surface area contributed by atoms with Gasteiger partial charge in [0.25, 0.3) is 0 Å². The Morgan fingerprint density at radius 2 is 0.852 bits per heavy atom. The molecule has 6 aromatic heterocycles. The van der Waals surface area contributed by atoms with Gasteiger partial charge in [0.2, 0.25) is 0 Å². The number of thiophene rings is 4. The number of unbranched alkanes of at least 4 members (excludes halogenated alkanes) is 5. The lowest BCUT2D eigenvalue weighted by Gasteiger charge is -2.26. The highest BCUT2D eigenvalue weighted by atomic mass is 32.1. The maximum atomic E-state index is 4.99. The molecule has 8 rings (SSSR count). The number of aromatic nitrogens is 4. The van der Waals surface area contributed by atoms with E-state index in [-0.39, 0.29) is 0 Å². The van der Waals surface area contributed by atoms with Crippen molar-refractivity contribution in [3.63, 3.8) is 0 Å². The minimum atomic E-state index is 0.777. The third-order valence-corrected chi connectivity index (χ3v) is 18.1. The summed E-state index contributed by atoms with van der Waals surface area (Å²) in [6.07, 6.45) is 17.4. The second-order valence-electron chi connectivity index (χ2n) is 16.5. The van der Waals surface area contributed by atoms with E-state index >= 15 is 0 Å². The molecular weight excluding hydrogens is 863 g/mol. The van der Waals surface area contributed by atoms with Crippen LogP contribution in [0.5, 0.6) is 0 Å². The summed E-state index contributed by atoms with van der Waals surface area (Å²) in [7, 11) is 0. The van der Waals surface area contributed by atoms with Gasteiger partial charge in [0, 0.05) is 56.7 Å². The van der Waals surface area contributed by atoms with Gasteiger partial charge in [-0.3, -0.25) is 0 Å². The van der Waals surface area contributed by atoms with E-state index in [1.807, 2.05) is 45.3 Å². The number of hydrogen-bond acceptors (Lipinski definition) is 11. The Hall–Kier alpha value is -3.32. The highest BCUT2D eigenvalue weighted by Crippen LogP contribution is 2.46. The van der Waals surface area contributed by atoms with Crippen molar-refractivity contribution in [2.24, 2.45) is 11.8 Å². The van der Waals surface area contributed by atoms with Gasteiger partial charge in [0.15, 0.2) is 0 Å². The van der Waals surface area contributed by atoms with Crippen LogP contribution in [-0.4, -0.2) is 24.0 Å². The Morgan fingerprint density at radius 3 is 1.31 bits per heavy atom. The largest absolute Gasteiger partial charge is 0.338 e. The molecule has 0 spiro atoms. The van der Waals surface area contributed by atoms with E-state index < -0.39 is 0 Å². The van der Waals surface area contributed by atoms with Gasteiger partial charge < -0.3 is 4.90 Å². The molecule has 61 heavy (non-hydrogen) atoms. The molecule has 8 aromatic rings. The van der Waals surface area contributed by atoms with Crippen LogP contribution in [-0.2, 0) is 12.8 Å². The van der Waals surface area contributed by atoms with Crippen molar-refractivity contribution in [2.75, 3.05) is 11.4 Å². The van der Waals surface area contributed by atoms with Crippen molar-refractivity contribution < 1.29 is 0 Å². The third kappa shape index (κ3) is 10.2. The fourth-order valence-corrected chi connectivity index (χ4v) is 14.2. The molecule has 2 atom stereocenters. The van der Waals surface area contributed by atoms with E-state index in [0.29, 0.717) is 0 Å². The number of benzene rings is 2. The minimum absolute atomic E-state index is 0.777. The van der Waals surface area contributed by atoms with E-state index in [2.05, 4.69) is 112 Å². The molecule has 0 saturated carbocycles. The third-order valence-electron chi connectivity index (χ3n) is 12.2. The number of rotatable bonds is 23. The minimum Gasteiger partial charge on any atom is -0.338 e. The first-order valence-electron chi connectivity index (χ1n) is 22.7. The van der Waals surface area contributed by atoms with Gasteiger partial charge in [-0.25, -0.2) is 0 Å². The number of anilines is 2. The SMILES string of the molecule is CCCCCCN(c1ccc(-c2ccc(-c3ccc(CC(CC)CCCC)s3)s2)c2nsnc12)c1ccc(-c2ccc(-c3ccc(CC(CC)CCCC)s3)s2)c2nsnc12. The zero-order valence-electron chi connectivity index (χ0n) is 36.4. The maximum Gasteiger partial charge on any atom is 0.129 e. The average Bonchev–Trinajstić information content (AvgIpc) is 4.14. The van der Waals surface area contributed by atoms with Crippen molar-refractivity contribution in [1.82, 2.24) is 17.5 Å². The van der Waals surface area contributed by atoms with Crippen molar-refractivity contribution in [3.05, 3.63) is 82.6 Å². The summed E-state index contributed by atoms with van der Waals surface area (Å²) < 4.78 is 19.9. The van der Waals surface area contributed by atoms with Gasteiger partial charge in [-0.2, -0.15) is 17.5 Å². The summed E-state index contributed by atoms with van der Waals surface area (Å²) in [6.45, 7) is 12.4. The van der Waals surface area contributed by atoms with Gasteiger partial charge in [-0.05, 0) is 104 Å². The number of nitrogens with zero attached hydrogens (tertiary/aromatic N) is 5. The van der Waals surface area contributed by atoms with Gasteiger partial charge in [0.1, 0.15) is 22.1 Å². The lowest BCUT2D eigenvalue weighted by atomic mass is 9.95. The van der Waals surface area contributed by atoms with Crippen molar-refractivity contribution >= 4 is 102 Å². The van der Waals surface area contributed by atoms with E-state index in [1.54, 1.807) is 0 Å². The maximum absolute atomic E-state index is 4.99. The van der Waals surface area contributed by atoms with Gasteiger partial charge >= 0.3 is 0 Å². The van der Waals surface area contributed by atoms with Crippen molar-refractivity contribution in [1.29, 1.82) is 0 Å². The molecule has 320 valence electrons.